The van der Waals surface area contributed by atoms with Gasteiger partial charge in [0.05, 0.1) is 11.5 Å². The number of thioether (sulfide) groups is 1. The summed E-state index contributed by atoms with van der Waals surface area (Å²) >= 11 is 1.58. The predicted molar refractivity (Wildman–Crippen MR) is 96.3 cm³/mol. The van der Waals surface area contributed by atoms with Gasteiger partial charge in [-0.15, -0.1) is 11.8 Å². The summed E-state index contributed by atoms with van der Waals surface area (Å²) in [7, 11) is 0. The molecule has 0 unspecified atom stereocenters. The van der Waals surface area contributed by atoms with Crippen LogP contribution in [-0.4, -0.2) is 30.5 Å². The second kappa shape index (κ2) is 7.11. The number of carbonyl (C=O) groups is 3. The van der Waals surface area contributed by atoms with Crippen LogP contribution >= 0.6 is 11.8 Å². The number of ether oxygens (including phenoxy) is 1. The lowest BCUT2D eigenvalue weighted by Crippen LogP contribution is -2.14. The van der Waals surface area contributed by atoms with Crippen LogP contribution in [0.1, 0.15) is 39.1 Å². The van der Waals surface area contributed by atoms with Crippen LogP contribution in [-0.2, 0) is 9.53 Å². The Kier molecular flexibility index (Phi) is 4.90. The van der Waals surface area contributed by atoms with Crippen LogP contribution in [0.15, 0.2) is 47.4 Å². The molecule has 0 fully saturated rings. The molecule has 1 heterocycles. The first-order valence-electron chi connectivity index (χ1n) is 7.79. The van der Waals surface area contributed by atoms with E-state index in [9.17, 15) is 14.4 Å². The van der Waals surface area contributed by atoms with Crippen molar-refractivity contribution in [1.82, 2.24) is 0 Å². The minimum Gasteiger partial charge on any atom is -0.454 e. The Morgan fingerprint density at radius 1 is 1.12 bits per heavy atom. The number of amides is 1. The first kappa shape index (κ1) is 17.2. The smallest absolute Gasteiger partial charge is 0.338 e. The zero-order valence-corrected chi connectivity index (χ0v) is 14.7. The van der Waals surface area contributed by atoms with Crippen molar-refractivity contribution in [2.75, 3.05) is 18.2 Å². The normalized spacial score (nSPS) is 15.4. The average molecular weight is 355 g/mol. The topological polar surface area (TPSA) is 72.5 Å². The van der Waals surface area contributed by atoms with Gasteiger partial charge >= 0.3 is 5.97 Å². The van der Waals surface area contributed by atoms with E-state index in [4.69, 9.17) is 4.74 Å². The molecule has 2 aromatic carbocycles. The van der Waals surface area contributed by atoms with E-state index < -0.39 is 5.97 Å². The summed E-state index contributed by atoms with van der Waals surface area (Å²) in [5, 5.41) is 2.76. The Morgan fingerprint density at radius 3 is 2.48 bits per heavy atom. The first-order valence-corrected chi connectivity index (χ1v) is 9.01. The molecule has 25 heavy (non-hydrogen) atoms. The maximum absolute atomic E-state index is 12.3. The third kappa shape index (κ3) is 3.58. The van der Waals surface area contributed by atoms with E-state index in [1.54, 1.807) is 49.0 Å². The summed E-state index contributed by atoms with van der Waals surface area (Å²) in [6.07, 6.45) is 1.95. The zero-order chi connectivity index (χ0) is 18.0. The number of hydrogen-bond acceptors (Lipinski definition) is 5. The van der Waals surface area contributed by atoms with E-state index in [0.29, 0.717) is 11.1 Å². The molecule has 0 radical (unpaired) electrons. The van der Waals surface area contributed by atoms with Crippen LogP contribution in [0.2, 0.25) is 0 Å². The second-order valence-corrected chi connectivity index (χ2v) is 6.62. The molecule has 1 N–H and O–H groups in total. The molecule has 128 valence electrons. The van der Waals surface area contributed by atoms with Crippen molar-refractivity contribution >= 4 is 35.1 Å². The number of hydrogen-bond donors (Lipinski definition) is 1. The summed E-state index contributed by atoms with van der Waals surface area (Å²) < 4.78 is 5.11. The molecular formula is C19H17NO4S. The van der Waals surface area contributed by atoms with Crippen molar-refractivity contribution in [3.63, 3.8) is 0 Å². The molecular weight excluding hydrogens is 338 g/mol. The standard InChI is InChI=1S/C19H17NO4S/c1-11-15-9-13(5-8-16(15)20-18(11)22)17(21)10-24-19(23)12-3-6-14(25-2)7-4-12/h3-9,11H,10H2,1-2H3,(H,20,22)/t11-/m1/s1. The first-order chi connectivity index (χ1) is 12.0. The van der Waals surface area contributed by atoms with Crippen LogP contribution < -0.4 is 5.32 Å². The number of ketones is 1. The summed E-state index contributed by atoms with van der Waals surface area (Å²) in [5.74, 6) is -1.21. The second-order valence-electron chi connectivity index (χ2n) is 5.74. The monoisotopic (exact) mass is 355 g/mol. The zero-order valence-electron chi connectivity index (χ0n) is 13.9. The van der Waals surface area contributed by atoms with Crippen LogP contribution in [0.25, 0.3) is 0 Å². The number of rotatable bonds is 5. The van der Waals surface area contributed by atoms with E-state index in [1.807, 2.05) is 18.4 Å². The number of nitrogens with one attached hydrogen (secondary N) is 1. The molecule has 0 bridgehead atoms. The highest BCUT2D eigenvalue weighted by atomic mass is 32.2. The highest BCUT2D eigenvalue weighted by Crippen LogP contribution is 2.32. The summed E-state index contributed by atoms with van der Waals surface area (Å²) in [4.78, 5) is 37.0. The molecule has 2 aromatic rings. The van der Waals surface area contributed by atoms with Gasteiger partial charge in [-0.2, -0.15) is 0 Å². The van der Waals surface area contributed by atoms with E-state index in [0.717, 1.165) is 16.1 Å². The maximum Gasteiger partial charge on any atom is 0.338 e. The lowest BCUT2D eigenvalue weighted by atomic mass is 9.99. The van der Waals surface area contributed by atoms with Gasteiger partial charge in [0.25, 0.3) is 0 Å². The Labute approximate surface area is 149 Å². The van der Waals surface area contributed by atoms with Crippen LogP contribution in [0.3, 0.4) is 0 Å². The van der Waals surface area contributed by atoms with Gasteiger partial charge in [0.15, 0.2) is 12.4 Å². The van der Waals surface area contributed by atoms with Gasteiger partial charge in [-0.1, -0.05) is 0 Å². The number of benzene rings is 2. The highest BCUT2D eigenvalue weighted by molar-refractivity contribution is 7.98. The molecule has 0 saturated heterocycles. The molecule has 5 nitrogen and oxygen atoms in total. The van der Waals surface area contributed by atoms with Crippen LogP contribution in [0.5, 0.6) is 0 Å². The molecule has 1 amide bonds. The number of anilines is 1. The molecule has 0 aliphatic carbocycles. The van der Waals surface area contributed by atoms with E-state index in [1.165, 1.54) is 0 Å². The summed E-state index contributed by atoms with van der Waals surface area (Å²) in [6, 6.07) is 12.0. The fraction of sp³-hybridized carbons (Fsp3) is 0.211. The predicted octanol–water partition coefficient (Wildman–Crippen LogP) is 3.50. The van der Waals surface area contributed by atoms with Crippen molar-refractivity contribution in [1.29, 1.82) is 0 Å². The molecule has 1 aliphatic rings. The fourth-order valence-corrected chi connectivity index (χ4v) is 3.02. The summed E-state index contributed by atoms with van der Waals surface area (Å²) in [6.45, 7) is 1.45. The average Bonchev–Trinajstić information content (AvgIpc) is 2.93. The SMILES string of the molecule is CSc1ccc(C(=O)OCC(=O)c2ccc3c(c2)[C@@H](C)C(=O)N3)cc1. The molecule has 6 heteroatoms. The molecule has 3 rings (SSSR count). The van der Waals surface area contributed by atoms with Crippen LogP contribution in [0.4, 0.5) is 5.69 Å². The lowest BCUT2D eigenvalue weighted by molar-refractivity contribution is -0.116. The Morgan fingerprint density at radius 2 is 1.80 bits per heavy atom. The van der Waals surface area contributed by atoms with Gasteiger partial charge in [-0.25, -0.2) is 4.79 Å². The summed E-state index contributed by atoms with van der Waals surface area (Å²) in [5.41, 5.74) is 2.34. The van der Waals surface area contributed by atoms with Crippen LogP contribution in [0, 0.1) is 0 Å². The highest BCUT2D eigenvalue weighted by Gasteiger charge is 2.27. The van der Waals surface area contributed by atoms with E-state index in [2.05, 4.69) is 5.32 Å². The molecule has 0 aromatic heterocycles. The number of carbonyl (C=O) groups excluding carboxylic acids is 3. The minimum absolute atomic E-state index is 0.0836. The third-order valence-corrected chi connectivity index (χ3v) is 4.89. The molecule has 1 aliphatic heterocycles. The number of fused-ring (bicyclic) bond motifs is 1. The molecule has 1 atom stereocenters. The van der Waals surface area contributed by atoms with E-state index in [-0.39, 0.29) is 24.2 Å². The van der Waals surface area contributed by atoms with Crippen molar-refractivity contribution in [2.45, 2.75) is 17.7 Å². The Bertz CT molecular complexity index is 845. The third-order valence-electron chi connectivity index (χ3n) is 4.15. The Hall–Kier alpha value is -2.60. The van der Waals surface area contributed by atoms with Gasteiger partial charge in [-0.05, 0) is 61.2 Å². The van der Waals surface area contributed by atoms with Gasteiger partial charge < -0.3 is 10.1 Å². The fourth-order valence-electron chi connectivity index (χ4n) is 2.62. The van der Waals surface area contributed by atoms with Crippen molar-refractivity contribution < 1.29 is 19.1 Å². The molecule has 0 spiro atoms. The largest absolute Gasteiger partial charge is 0.454 e. The van der Waals surface area contributed by atoms with Crippen molar-refractivity contribution in [3.05, 3.63) is 59.2 Å². The van der Waals surface area contributed by atoms with Gasteiger partial charge in [0, 0.05) is 16.1 Å². The molecule has 0 saturated carbocycles. The maximum atomic E-state index is 12.3. The minimum atomic E-state index is -0.535. The number of Topliss-reactive ketones (excluding diaryl/α,β-unsaturated/α-hetero) is 1. The van der Waals surface area contributed by atoms with Gasteiger partial charge in [0.1, 0.15) is 0 Å². The van der Waals surface area contributed by atoms with Crippen molar-refractivity contribution in [2.24, 2.45) is 0 Å². The lowest BCUT2D eigenvalue weighted by Gasteiger charge is -2.07. The quantitative estimate of drug-likeness (QED) is 0.505. The van der Waals surface area contributed by atoms with E-state index >= 15 is 0 Å². The van der Waals surface area contributed by atoms with Gasteiger partial charge in [-0.3, -0.25) is 9.59 Å². The van der Waals surface area contributed by atoms with Gasteiger partial charge in [0.2, 0.25) is 5.91 Å². The Balaban J connectivity index is 1.65. The van der Waals surface area contributed by atoms with Crippen molar-refractivity contribution in [3.8, 4) is 0 Å². The number of esters is 1.